The van der Waals surface area contributed by atoms with Crippen LogP contribution in [0.25, 0.3) is 22.0 Å². The second-order valence-electron chi connectivity index (χ2n) is 3.88. The zero-order chi connectivity index (χ0) is 11.7. The van der Waals surface area contributed by atoms with Crippen LogP contribution in [0.15, 0.2) is 60.8 Å². The van der Waals surface area contributed by atoms with E-state index in [4.69, 9.17) is 0 Å². The van der Waals surface area contributed by atoms with E-state index in [1.54, 1.807) is 0 Å². The van der Waals surface area contributed by atoms with Gasteiger partial charge in [-0.25, -0.2) is 0 Å². The normalized spacial score (nSPS) is 10.6. The molecule has 3 aromatic rings. The molecule has 1 nitrogen and oxygen atoms in total. The summed E-state index contributed by atoms with van der Waals surface area (Å²) in [5, 5.41) is 1.20. The van der Waals surface area contributed by atoms with Crippen LogP contribution in [0.3, 0.4) is 0 Å². The molecule has 17 heavy (non-hydrogen) atoms. The number of fused-ring (bicyclic) bond motifs is 1. The van der Waals surface area contributed by atoms with E-state index >= 15 is 0 Å². The van der Waals surface area contributed by atoms with Crippen LogP contribution in [0.1, 0.15) is 0 Å². The fourth-order valence-corrected chi connectivity index (χ4v) is 2.34. The first-order valence-corrected chi connectivity index (χ1v) is 6.52. The maximum Gasteiger partial charge on any atom is 0.0708 e. The highest BCUT2D eigenvalue weighted by Gasteiger charge is 2.03. The van der Waals surface area contributed by atoms with Crippen molar-refractivity contribution >= 4 is 33.5 Å². The van der Waals surface area contributed by atoms with Crippen molar-refractivity contribution in [3.8, 4) is 11.1 Å². The molecular formula is C15H10IN. The molecule has 0 N–H and O–H groups in total. The van der Waals surface area contributed by atoms with Crippen molar-refractivity contribution in [2.45, 2.75) is 0 Å². The number of pyridine rings is 1. The van der Waals surface area contributed by atoms with E-state index in [0.717, 1.165) is 5.52 Å². The Kier molecular flexibility index (Phi) is 2.81. The largest absolute Gasteiger partial charge is 0.256 e. The van der Waals surface area contributed by atoms with E-state index < -0.39 is 0 Å². The lowest BCUT2D eigenvalue weighted by molar-refractivity contribution is 1.41. The summed E-state index contributed by atoms with van der Waals surface area (Å²) in [5.41, 5.74) is 3.53. The SMILES string of the molecule is Ic1ccc(-c2ccnc3ccccc23)cc1. The molecule has 2 aromatic carbocycles. The van der Waals surface area contributed by atoms with Gasteiger partial charge in [0.15, 0.2) is 0 Å². The van der Waals surface area contributed by atoms with E-state index in [2.05, 4.69) is 70.0 Å². The van der Waals surface area contributed by atoms with Gasteiger partial charge in [0, 0.05) is 15.2 Å². The molecule has 0 saturated heterocycles. The Morgan fingerprint density at radius 3 is 2.41 bits per heavy atom. The van der Waals surface area contributed by atoms with Crippen molar-refractivity contribution in [1.29, 1.82) is 0 Å². The minimum absolute atomic E-state index is 1.04. The lowest BCUT2D eigenvalue weighted by Crippen LogP contribution is -1.84. The van der Waals surface area contributed by atoms with Gasteiger partial charge in [-0.2, -0.15) is 0 Å². The number of aromatic nitrogens is 1. The molecule has 2 heteroatoms. The number of halogens is 1. The van der Waals surface area contributed by atoms with Gasteiger partial charge in [0.1, 0.15) is 0 Å². The molecule has 0 aliphatic carbocycles. The zero-order valence-electron chi connectivity index (χ0n) is 9.10. The van der Waals surface area contributed by atoms with Gasteiger partial charge in [0.25, 0.3) is 0 Å². The molecule has 0 aliphatic heterocycles. The third kappa shape index (κ3) is 2.05. The number of rotatable bonds is 1. The molecule has 82 valence electrons. The molecule has 1 heterocycles. The minimum Gasteiger partial charge on any atom is -0.256 e. The van der Waals surface area contributed by atoms with E-state index in [9.17, 15) is 0 Å². The monoisotopic (exact) mass is 331 g/mol. The third-order valence-electron chi connectivity index (χ3n) is 2.80. The summed E-state index contributed by atoms with van der Waals surface area (Å²) in [5.74, 6) is 0. The fourth-order valence-electron chi connectivity index (χ4n) is 1.98. The Hall–Kier alpha value is -1.42. The smallest absolute Gasteiger partial charge is 0.0708 e. The molecule has 0 saturated carbocycles. The molecule has 0 radical (unpaired) electrons. The van der Waals surface area contributed by atoms with E-state index in [1.807, 2.05) is 18.3 Å². The topological polar surface area (TPSA) is 12.9 Å². The van der Waals surface area contributed by atoms with Crippen LogP contribution in [-0.4, -0.2) is 4.98 Å². The number of hydrogen-bond donors (Lipinski definition) is 0. The Morgan fingerprint density at radius 2 is 1.59 bits per heavy atom. The third-order valence-corrected chi connectivity index (χ3v) is 3.52. The van der Waals surface area contributed by atoms with Gasteiger partial charge in [0.2, 0.25) is 0 Å². The summed E-state index contributed by atoms with van der Waals surface area (Å²) in [7, 11) is 0. The molecule has 0 bridgehead atoms. The zero-order valence-corrected chi connectivity index (χ0v) is 11.3. The lowest BCUT2D eigenvalue weighted by Gasteiger charge is -2.06. The Morgan fingerprint density at radius 1 is 0.824 bits per heavy atom. The highest BCUT2D eigenvalue weighted by molar-refractivity contribution is 14.1. The van der Waals surface area contributed by atoms with Crippen molar-refractivity contribution in [2.75, 3.05) is 0 Å². The molecular weight excluding hydrogens is 321 g/mol. The number of hydrogen-bond acceptors (Lipinski definition) is 1. The van der Waals surface area contributed by atoms with E-state index in [0.29, 0.717) is 0 Å². The second kappa shape index (κ2) is 4.45. The first-order valence-electron chi connectivity index (χ1n) is 5.44. The summed E-state index contributed by atoms with van der Waals surface area (Å²) in [6, 6.07) is 18.9. The van der Waals surface area contributed by atoms with Crippen molar-refractivity contribution in [3.05, 3.63) is 64.4 Å². The van der Waals surface area contributed by atoms with Crippen LogP contribution >= 0.6 is 22.6 Å². The Balaban J connectivity index is 2.27. The maximum absolute atomic E-state index is 4.38. The molecule has 0 fully saturated rings. The molecule has 3 rings (SSSR count). The Bertz CT molecular complexity index is 654. The minimum atomic E-state index is 1.04. The lowest BCUT2D eigenvalue weighted by atomic mass is 10.0. The first kappa shape index (κ1) is 10.7. The molecule has 0 spiro atoms. The van der Waals surface area contributed by atoms with Crippen molar-refractivity contribution in [3.63, 3.8) is 0 Å². The summed E-state index contributed by atoms with van der Waals surface area (Å²) in [4.78, 5) is 4.38. The van der Waals surface area contributed by atoms with Gasteiger partial charge in [0.05, 0.1) is 5.52 Å². The van der Waals surface area contributed by atoms with Crippen molar-refractivity contribution < 1.29 is 0 Å². The highest BCUT2D eigenvalue weighted by Crippen LogP contribution is 2.27. The van der Waals surface area contributed by atoms with Crippen LogP contribution in [0.5, 0.6) is 0 Å². The molecule has 0 aliphatic rings. The van der Waals surface area contributed by atoms with E-state index in [-0.39, 0.29) is 0 Å². The summed E-state index contributed by atoms with van der Waals surface area (Å²) < 4.78 is 1.25. The van der Waals surface area contributed by atoms with E-state index in [1.165, 1.54) is 20.1 Å². The molecule has 1 aromatic heterocycles. The Labute approximate surface area is 114 Å². The number of benzene rings is 2. The summed E-state index contributed by atoms with van der Waals surface area (Å²) in [6.07, 6.45) is 1.87. The predicted molar refractivity (Wildman–Crippen MR) is 79.9 cm³/mol. The number of nitrogens with zero attached hydrogens (tertiary/aromatic N) is 1. The van der Waals surface area contributed by atoms with Crippen molar-refractivity contribution in [2.24, 2.45) is 0 Å². The van der Waals surface area contributed by atoms with Crippen LogP contribution < -0.4 is 0 Å². The average Bonchev–Trinajstić information content (AvgIpc) is 2.39. The van der Waals surface area contributed by atoms with Crippen LogP contribution in [0, 0.1) is 3.57 Å². The van der Waals surface area contributed by atoms with Crippen molar-refractivity contribution in [1.82, 2.24) is 4.98 Å². The summed E-state index contributed by atoms with van der Waals surface area (Å²) in [6.45, 7) is 0. The average molecular weight is 331 g/mol. The standard InChI is InChI=1S/C15H10IN/c16-12-7-5-11(6-8-12)13-9-10-17-15-4-2-1-3-14(13)15/h1-10H. The fraction of sp³-hybridized carbons (Fsp3) is 0. The van der Waals surface area contributed by atoms with Gasteiger partial charge in [-0.3, -0.25) is 4.98 Å². The van der Waals surface area contributed by atoms with Gasteiger partial charge < -0.3 is 0 Å². The first-order chi connectivity index (χ1) is 8.34. The van der Waals surface area contributed by atoms with Gasteiger partial charge in [-0.05, 0) is 58.0 Å². The second-order valence-corrected chi connectivity index (χ2v) is 5.13. The number of para-hydroxylation sites is 1. The van der Waals surface area contributed by atoms with Gasteiger partial charge in [-0.15, -0.1) is 0 Å². The maximum atomic E-state index is 4.38. The van der Waals surface area contributed by atoms with Gasteiger partial charge in [-0.1, -0.05) is 30.3 Å². The predicted octanol–water partition coefficient (Wildman–Crippen LogP) is 4.51. The highest BCUT2D eigenvalue weighted by atomic mass is 127. The molecule has 0 atom stereocenters. The summed E-state index contributed by atoms with van der Waals surface area (Å²) >= 11 is 2.32. The van der Waals surface area contributed by atoms with Crippen LogP contribution in [-0.2, 0) is 0 Å². The van der Waals surface area contributed by atoms with Gasteiger partial charge >= 0.3 is 0 Å². The van der Waals surface area contributed by atoms with Crippen LogP contribution in [0.4, 0.5) is 0 Å². The molecule has 0 amide bonds. The quantitative estimate of drug-likeness (QED) is 0.598. The van der Waals surface area contributed by atoms with Crippen LogP contribution in [0.2, 0.25) is 0 Å². The molecule has 0 unspecified atom stereocenters.